The maximum Gasteiger partial charge on any atom is 0.231 e. The average Bonchev–Trinajstić information content (AvgIpc) is 2.66. The number of carbonyl (C=O) groups excluding carboxylic acids is 1. The van der Waals surface area contributed by atoms with E-state index in [4.69, 9.17) is 0 Å². The molecule has 3 nitrogen and oxygen atoms in total. The van der Waals surface area contributed by atoms with Gasteiger partial charge in [-0.3, -0.25) is 4.79 Å². The Kier molecular flexibility index (Phi) is 2.92. The van der Waals surface area contributed by atoms with Gasteiger partial charge in [-0.1, -0.05) is 6.07 Å². The summed E-state index contributed by atoms with van der Waals surface area (Å²) in [6.45, 7) is 3.45. The summed E-state index contributed by atoms with van der Waals surface area (Å²) in [5.41, 5.74) is 0.130. The highest BCUT2D eigenvalue weighted by molar-refractivity contribution is 5.95. The second kappa shape index (κ2) is 4.22. The second-order valence-corrected chi connectivity index (χ2v) is 4.45. The lowest BCUT2D eigenvalue weighted by Gasteiger charge is -2.21. The second-order valence-electron chi connectivity index (χ2n) is 4.45. The molecule has 16 heavy (non-hydrogen) atoms. The Bertz CT molecular complexity index is 400. The van der Waals surface area contributed by atoms with Crippen LogP contribution in [0.25, 0.3) is 0 Å². The zero-order valence-electron chi connectivity index (χ0n) is 9.22. The summed E-state index contributed by atoms with van der Waals surface area (Å²) in [5, 5.41) is 5.90. The molecule has 0 aromatic heterocycles. The van der Waals surface area contributed by atoms with Crippen molar-refractivity contribution >= 4 is 11.6 Å². The van der Waals surface area contributed by atoms with Crippen molar-refractivity contribution in [2.75, 3.05) is 18.4 Å². The lowest BCUT2D eigenvalue weighted by atomic mass is 9.89. The minimum Gasteiger partial charge on any atom is -0.325 e. The molecule has 0 aliphatic carbocycles. The van der Waals surface area contributed by atoms with Gasteiger partial charge in [0.25, 0.3) is 0 Å². The zero-order valence-corrected chi connectivity index (χ0v) is 9.22. The Hall–Kier alpha value is -1.42. The monoisotopic (exact) mass is 222 g/mol. The number of halogens is 1. The summed E-state index contributed by atoms with van der Waals surface area (Å²) in [5.74, 6) is -0.393. The van der Waals surface area contributed by atoms with E-state index < -0.39 is 0 Å². The number of carbonyl (C=O) groups is 1. The van der Waals surface area contributed by atoms with Crippen LogP contribution in [0.3, 0.4) is 0 Å². The third-order valence-electron chi connectivity index (χ3n) is 3.00. The van der Waals surface area contributed by atoms with Crippen molar-refractivity contribution in [3.8, 4) is 0 Å². The lowest BCUT2D eigenvalue weighted by molar-refractivity contribution is -0.123. The molecular formula is C12H15FN2O. The molecule has 1 aliphatic heterocycles. The van der Waals surface area contributed by atoms with Crippen LogP contribution in [0, 0.1) is 11.2 Å². The molecule has 1 atom stereocenters. The highest BCUT2D eigenvalue weighted by Crippen LogP contribution is 2.26. The maximum atomic E-state index is 12.9. The van der Waals surface area contributed by atoms with Crippen LogP contribution in [0.1, 0.15) is 13.3 Å². The molecule has 1 heterocycles. The van der Waals surface area contributed by atoms with E-state index in [-0.39, 0.29) is 17.1 Å². The van der Waals surface area contributed by atoms with Crippen LogP contribution < -0.4 is 10.6 Å². The molecule has 86 valence electrons. The van der Waals surface area contributed by atoms with Crippen LogP contribution in [0.15, 0.2) is 24.3 Å². The zero-order chi connectivity index (χ0) is 11.6. The minimum atomic E-state index is -0.383. The van der Waals surface area contributed by atoms with Gasteiger partial charge in [0.1, 0.15) is 5.82 Å². The summed E-state index contributed by atoms with van der Waals surface area (Å²) in [6.07, 6.45) is 0.814. The quantitative estimate of drug-likeness (QED) is 0.800. The van der Waals surface area contributed by atoms with Crippen LogP contribution in [0.4, 0.5) is 10.1 Å². The minimum absolute atomic E-state index is 0.0527. The molecule has 2 N–H and O–H groups in total. The first-order valence-electron chi connectivity index (χ1n) is 5.38. The molecule has 1 saturated heterocycles. The summed E-state index contributed by atoms with van der Waals surface area (Å²) in [6, 6.07) is 5.95. The third-order valence-corrected chi connectivity index (χ3v) is 3.00. The fraction of sp³-hybridized carbons (Fsp3) is 0.417. The van der Waals surface area contributed by atoms with Crippen molar-refractivity contribution in [3.63, 3.8) is 0 Å². The van der Waals surface area contributed by atoms with Gasteiger partial charge in [-0.25, -0.2) is 4.39 Å². The number of nitrogens with one attached hydrogen (secondary N) is 2. The van der Waals surface area contributed by atoms with Crippen LogP contribution in [0.5, 0.6) is 0 Å². The first-order chi connectivity index (χ1) is 7.60. The number of hydrogen-bond acceptors (Lipinski definition) is 2. The van der Waals surface area contributed by atoms with Crippen molar-refractivity contribution in [2.24, 2.45) is 5.41 Å². The molecule has 1 unspecified atom stereocenters. The van der Waals surface area contributed by atoms with Crippen LogP contribution in [-0.2, 0) is 4.79 Å². The van der Waals surface area contributed by atoms with Gasteiger partial charge in [0.15, 0.2) is 0 Å². The summed E-state index contributed by atoms with van der Waals surface area (Å²) < 4.78 is 12.9. The lowest BCUT2D eigenvalue weighted by Crippen LogP contribution is -2.35. The first-order valence-corrected chi connectivity index (χ1v) is 5.38. The SMILES string of the molecule is CC1(C(=O)Nc2cccc(F)c2)CCNC1. The largest absolute Gasteiger partial charge is 0.325 e. The summed E-state index contributed by atoms with van der Waals surface area (Å²) in [4.78, 5) is 12.0. The Morgan fingerprint density at radius 2 is 2.38 bits per heavy atom. The fourth-order valence-corrected chi connectivity index (χ4v) is 1.86. The van der Waals surface area contributed by atoms with Gasteiger partial charge in [0, 0.05) is 12.2 Å². The van der Waals surface area contributed by atoms with Gasteiger partial charge in [-0.2, -0.15) is 0 Å². The van der Waals surface area contributed by atoms with Crippen LogP contribution >= 0.6 is 0 Å². The number of rotatable bonds is 2. The predicted octanol–water partition coefficient (Wildman–Crippen LogP) is 1.76. The van der Waals surface area contributed by atoms with E-state index in [1.54, 1.807) is 12.1 Å². The van der Waals surface area contributed by atoms with E-state index in [1.807, 2.05) is 6.92 Å². The topological polar surface area (TPSA) is 41.1 Å². The number of anilines is 1. The average molecular weight is 222 g/mol. The third kappa shape index (κ3) is 2.22. The van der Waals surface area contributed by atoms with Gasteiger partial charge >= 0.3 is 0 Å². The molecule has 1 amide bonds. The molecule has 0 saturated carbocycles. The number of amides is 1. The van der Waals surface area contributed by atoms with E-state index in [9.17, 15) is 9.18 Å². The first kappa shape index (κ1) is 11.1. The van der Waals surface area contributed by atoms with E-state index in [2.05, 4.69) is 10.6 Å². The van der Waals surface area contributed by atoms with Gasteiger partial charge in [-0.05, 0) is 38.1 Å². The molecular weight excluding hydrogens is 207 g/mol. The van der Waals surface area contributed by atoms with E-state index in [0.29, 0.717) is 12.2 Å². The fourth-order valence-electron chi connectivity index (χ4n) is 1.86. The Balaban J connectivity index is 2.07. The van der Waals surface area contributed by atoms with Gasteiger partial charge in [-0.15, -0.1) is 0 Å². The molecule has 2 rings (SSSR count). The smallest absolute Gasteiger partial charge is 0.231 e. The molecule has 4 heteroatoms. The molecule has 1 fully saturated rings. The Labute approximate surface area is 94.0 Å². The van der Waals surface area contributed by atoms with E-state index in [0.717, 1.165) is 13.0 Å². The summed E-state index contributed by atoms with van der Waals surface area (Å²) in [7, 11) is 0. The number of hydrogen-bond donors (Lipinski definition) is 2. The number of benzene rings is 1. The highest BCUT2D eigenvalue weighted by Gasteiger charge is 2.36. The van der Waals surface area contributed by atoms with Crippen molar-refractivity contribution in [3.05, 3.63) is 30.1 Å². The standard InChI is InChI=1S/C12H15FN2O/c1-12(5-6-14-8-12)11(16)15-10-4-2-3-9(13)7-10/h2-4,7,14H,5-6,8H2,1H3,(H,15,16). The molecule has 1 aliphatic rings. The molecule has 0 spiro atoms. The van der Waals surface area contributed by atoms with Crippen LogP contribution in [0.2, 0.25) is 0 Å². The highest BCUT2D eigenvalue weighted by atomic mass is 19.1. The van der Waals surface area contributed by atoms with Gasteiger partial charge < -0.3 is 10.6 Å². The Morgan fingerprint density at radius 3 is 3.00 bits per heavy atom. The van der Waals surface area contributed by atoms with Gasteiger partial charge in [0.05, 0.1) is 5.41 Å². The Morgan fingerprint density at radius 1 is 1.56 bits per heavy atom. The van der Waals surface area contributed by atoms with Crippen molar-refractivity contribution in [2.45, 2.75) is 13.3 Å². The summed E-state index contributed by atoms with van der Waals surface area (Å²) >= 11 is 0. The molecule has 1 aromatic carbocycles. The van der Waals surface area contributed by atoms with E-state index >= 15 is 0 Å². The van der Waals surface area contributed by atoms with Gasteiger partial charge in [0.2, 0.25) is 5.91 Å². The van der Waals surface area contributed by atoms with E-state index in [1.165, 1.54) is 12.1 Å². The molecule has 1 aromatic rings. The predicted molar refractivity (Wildman–Crippen MR) is 60.6 cm³/mol. The maximum absolute atomic E-state index is 12.9. The van der Waals surface area contributed by atoms with Crippen LogP contribution in [-0.4, -0.2) is 19.0 Å². The van der Waals surface area contributed by atoms with Crippen molar-refractivity contribution < 1.29 is 9.18 Å². The molecule has 0 radical (unpaired) electrons. The van der Waals surface area contributed by atoms with Crippen molar-refractivity contribution in [1.29, 1.82) is 0 Å². The molecule has 0 bridgehead atoms. The normalized spacial score (nSPS) is 24.4. The van der Waals surface area contributed by atoms with Crippen molar-refractivity contribution in [1.82, 2.24) is 5.32 Å².